The Labute approximate surface area is 123 Å². The molecule has 0 amide bonds. The second-order valence-corrected chi connectivity index (χ2v) is 5.19. The van der Waals surface area contributed by atoms with E-state index in [0.717, 1.165) is 5.56 Å². The predicted octanol–water partition coefficient (Wildman–Crippen LogP) is 3.19. The van der Waals surface area contributed by atoms with Crippen LogP contribution < -0.4 is 10.5 Å². The van der Waals surface area contributed by atoms with Crippen molar-refractivity contribution in [3.8, 4) is 5.75 Å². The molecule has 3 nitrogen and oxygen atoms in total. The molecule has 0 aliphatic rings. The summed E-state index contributed by atoms with van der Waals surface area (Å²) < 4.78 is 43.0. The average Bonchev–Trinajstić information content (AvgIpc) is 2.41. The SMILES string of the molecule is CC(C)N(CCCOc1ccccc1CN)CC(F)(F)F. The maximum Gasteiger partial charge on any atom is 0.401 e. The van der Waals surface area contributed by atoms with Crippen molar-refractivity contribution in [3.63, 3.8) is 0 Å². The van der Waals surface area contributed by atoms with Gasteiger partial charge in [0.05, 0.1) is 13.2 Å². The average molecular weight is 304 g/mol. The third-order valence-electron chi connectivity index (χ3n) is 3.15. The molecule has 21 heavy (non-hydrogen) atoms. The van der Waals surface area contributed by atoms with Crippen LogP contribution >= 0.6 is 0 Å². The molecule has 0 atom stereocenters. The summed E-state index contributed by atoms with van der Waals surface area (Å²) in [5.74, 6) is 0.701. The van der Waals surface area contributed by atoms with E-state index in [4.69, 9.17) is 10.5 Å². The molecule has 0 heterocycles. The fraction of sp³-hybridized carbons (Fsp3) is 0.600. The molecule has 0 saturated heterocycles. The monoisotopic (exact) mass is 304 g/mol. The van der Waals surface area contributed by atoms with Crippen LogP contribution in [0, 0.1) is 0 Å². The van der Waals surface area contributed by atoms with E-state index in [9.17, 15) is 13.2 Å². The summed E-state index contributed by atoms with van der Waals surface area (Å²) in [6.07, 6.45) is -3.63. The first-order valence-corrected chi connectivity index (χ1v) is 7.05. The second-order valence-electron chi connectivity index (χ2n) is 5.19. The van der Waals surface area contributed by atoms with Crippen LogP contribution in [0.15, 0.2) is 24.3 Å². The van der Waals surface area contributed by atoms with Crippen molar-refractivity contribution >= 4 is 0 Å². The third kappa shape index (κ3) is 6.82. The van der Waals surface area contributed by atoms with Gasteiger partial charge in [-0.25, -0.2) is 0 Å². The van der Waals surface area contributed by atoms with E-state index >= 15 is 0 Å². The first kappa shape index (κ1) is 17.8. The van der Waals surface area contributed by atoms with Crippen LogP contribution in [0.1, 0.15) is 25.8 Å². The molecule has 1 aromatic rings. The van der Waals surface area contributed by atoms with Crippen molar-refractivity contribution in [1.82, 2.24) is 4.90 Å². The Bertz CT molecular complexity index is 422. The Morgan fingerprint density at radius 1 is 1.24 bits per heavy atom. The molecule has 0 aliphatic heterocycles. The van der Waals surface area contributed by atoms with Crippen LogP contribution in [0.25, 0.3) is 0 Å². The van der Waals surface area contributed by atoms with Crippen LogP contribution in [0.3, 0.4) is 0 Å². The molecule has 6 heteroatoms. The summed E-state index contributed by atoms with van der Waals surface area (Å²) in [6, 6.07) is 7.26. The van der Waals surface area contributed by atoms with Crippen molar-refractivity contribution in [3.05, 3.63) is 29.8 Å². The van der Waals surface area contributed by atoms with E-state index in [1.807, 2.05) is 24.3 Å². The molecule has 0 spiro atoms. The highest BCUT2D eigenvalue weighted by Gasteiger charge is 2.31. The number of rotatable bonds is 8. The first-order valence-electron chi connectivity index (χ1n) is 7.05. The van der Waals surface area contributed by atoms with Gasteiger partial charge in [0.1, 0.15) is 5.75 Å². The Balaban J connectivity index is 2.41. The van der Waals surface area contributed by atoms with Crippen molar-refractivity contribution < 1.29 is 17.9 Å². The van der Waals surface area contributed by atoms with Gasteiger partial charge in [0.15, 0.2) is 0 Å². The Morgan fingerprint density at radius 3 is 2.48 bits per heavy atom. The van der Waals surface area contributed by atoms with E-state index < -0.39 is 12.7 Å². The summed E-state index contributed by atoms with van der Waals surface area (Å²) >= 11 is 0. The number of para-hydroxylation sites is 1. The second kappa shape index (κ2) is 8.24. The van der Waals surface area contributed by atoms with Gasteiger partial charge in [0, 0.05) is 24.7 Å². The quantitative estimate of drug-likeness (QED) is 0.750. The standard InChI is InChI=1S/C15H23F3N2O/c1-12(2)20(11-15(16,17)18)8-5-9-21-14-7-4-3-6-13(14)10-19/h3-4,6-7,12H,5,8-11,19H2,1-2H3. The highest BCUT2D eigenvalue weighted by molar-refractivity contribution is 5.32. The number of nitrogens with zero attached hydrogens (tertiary/aromatic N) is 1. The lowest BCUT2D eigenvalue weighted by Gasteiger charge is -2.27. The van der Waals surface area contributed by atoms with E-state index in [0.29, 0.717) is 31.9 Å². The first-order chi connectivity index (χ1) is 9.83. The largest absolute Gasteiger partial charge is 0.493 e. The lowest BCUT2D eigenvalue weighted by atomic mass is 10.2. The van der Waals surface area contributed by atoms with Gasteiger partial charge in [-0.2, -0.15) is 13.2 Å². The minimum atomic E-state index is -4.17. The fourth-order valence-corrected chi connectivity index (χ4v) is 2.01. The number of halogens is 3. The molecule has 0 fully saturated rings. The van der Waals surface area contributed by atoms with Gasteiger partial charge in [-0.3, -0.25) is 4.90 Å². The molecular formula is C15H23F3N2O. The molecule has 120 valence electrons. The van der Waals surface area contributed by atoms with Crippen LogP contribution in [0.2, 0.25) is 0 Å². The summed E-state index contributed by atoms with van der Waals surface area (Å²) in [7, 11) is 0. The van der Waals surface area contributed by atoms with Crippen LogP contribution in [-0.4, -0.2) is 36.8 Å². The Hall–Kier alpha value is -1.27. The highest BCUT2D eigenvalue weighted by Crippen LogP contribution is 2.19. The normalized spacial score (nSPS) is 12.2. The maximum atomic E-state index is 12.5. The molecule has 0 saturated carbocycles. The van der Waals surface area contributed by atoms with Crippen molar-refractivity contribution in [2.24, 2.45) is 5.73 Å². The maximum absolute atomic E-state index is 12.5. The predicted molar refractivity (Wildman–Crippen MR) is 77.2 cm³/mol. The topological polar surface area (TPSA) is 38.5 Å². The third-order valence-corrected chi connectivity index (χ3v) is 3.15. The molecular weight excluding hydrogens is 281 g/mol. The van der Waals surface area contributed by atoms with Crippen LogP contribution in [0.4, 0.5) is 13.2 Å². The number of hydrogen-bond donors (Lipinski definition) is 1. The number of alkyl halides is 3. The zero-order valence-electron chi connectivity index (χ0n) is 12.5. The molecule has 1 aromatic carbocycles. The summed E-state index contributed by atoms with van der Waals surface area (Å²) in [6.45, 7) is 3.74. The van der Waals surface area contributed by atoms with Crippen molar-refractivity contribution in [2.45, 2.75) is 39.0 Å². The van der Waals surface area contributed by atoms with Gasteiger partial charge in [0.25, 0.3) is 0 Å². The van der Waals surface area contributed by atoms with Crippen molar-refractivity contribution in [1.29, 1.82) is 0 Å². The lowest BCUT2D eigenvalue weighted by molar-refractivity contribution is -0.149. The summed E-state index contributed by atoms with van der Waals surface area (Å²) in [4.78, 5) is 1.40. The van der Waals surface area contributed by atoms with Gasteiger partial charge in [0.2, 0.25) is 0 Å². The molecule has 0 radical (unpaired) electrons. The zero-order chi connectivity index (χ0) is 15.9. The number of benzene rings is 1. The zero-order valence-corrected chi connectivity index (χ0v) is 12.5. The van der Waals surface area contributed by atoms with Crippen LogP contribution in [-0.2, 0) is 6.54 Å². The molecule has 1 rings (SSSR count). The van der Waals surface area contributed by atoms with Crippen LogP contribution in [0.5, 0.6) is 5.75 Å². The smallest absolute Gasteiger partial charge is 0.401 e. The lowest BCUT2D eigenvalue weighted by Crippen LogP contribution is -2.40. The van der Waals surface area contributed by atoms with Gasteiger partial charge in [-0.15, -0.1) is 0 Å². The molecule has 0 bridgehead atoms. The Kier molecular flexibility index (Phi) is 6.98. The highest BCUT2D eigenvalue weighted by atomic mass is 19.4. The van der Waals surface area contributed by atoms with E-state index in [1.165, 1.54) is 4.90 Å². The number of nitrogens with two attached hydrogens (primary N) is 1. The minimum absolute atomic E-state index is 0.150. The summed E-state index contributed by atoms with van der Waals surface area (Å²) in [5, 5.41) is 0. The van der Waals surface area contributed by atoms with Gasteiger partial charge in [-0.1, -0.05) is 18.2 Å². The molecule has 0 aromatic heterocycles. The van der Waals surface area contributed by atoms with Gasteiger partial charge < -0.3 is 10.5 Å². The Morgan fingerprint density at radius 2 is 1.90 bits per heavy atom. The number of hydrogen-bond acceptors (Lipinski definition) is 3. The van der Waals surface area contributed by atoms with E-state index in [1.54, 1.807) is 13.8 Å². The van der Waals surface area contributed by atoms with E-state index in [-0.39, 0.29) is 6.04 Å². The van der Waals surface area contributed by atoms with Crippen molar-refractivity contribution in [2.75, 3.05) is 19.7 Å². The minimum Gasteiger partial charge on any atom is -0.493 e. The molecule has 0 aliphatic carbocycles. The molecule has 0 unspecified atom stereocenters. The number of ether oxygens (including phenoxy) is 1. The van der Waals surface area contributed by atoms with E-state index in [2.05, 4.69) is 0 Å². The fourth-order valence-electron chi connectivity index (χ4n) is 2.01. The summed E-state index contributed by atoms with van der Waals surface area (Å²) in [5.41, 5.74) is 6.50. The van der Waals surface area contributed by atoms with Gasteiger partial charge >= 0.3 is 6.18 Å². The molecule has 2 N–H and O–H groups in total. The van der Waals surface area contributed by atoms with Gasteiger partial charge in [-0.05, 0) is 26.3 Å².